The van der Waals surface area contributed by atoms with Crippen molar-refractivity contribution in [3.63, 3.8) is 0 Å². The molecule has 0 saturated heterocycles. The van der Waals surface area contributed by atoms with Crippen molar-refractivity contribution in [2.45, 2.75) is 18.7 Å². The van der Waals surface area contributed by atoms with Crippen molar-refractivity contribution < 1.29 is 22.7 Å². The molecule has 0 aliphatic carbocycles. The Balaban J connectivity index is 3.21. The molecule has 0 radical (unpaired) electrons. The van der Waals surface area contributed by atoms with Gasteiger partial charge in [-0.2, -0.15) is 0 Å². The van der Waals surface area contributed by atoms with E-state index >= 15 is 0 Å². The summed E-state index contributed by atoms with van der Waals surface area (Å²) in [5.41, 5.74) is 0.117. The molecule has 6 heteroatoms. The van der Waals surface area contributed by atoms with E-state index in [9.17, 15) is 13.2 Å². The van der Waals surface area contributed by atoms with Gasteiger partial charge in [0.25, 0.3) is 0 Å². The van der Waals surface area contributed by atoms with Crippen LogP contribution in [-0.4, -0.2) is 34.4 Å². The highest BCUT2D eigenvalue weighted by atomic mass is 32.2. The van der Waals surface area contributed by atoms with E-state index in [0.29, 0.717) is 18.3 Å². The summed E-state index contributed by atoms with van der Waals surface area (Å²) in [6.07, 6.45) is 1.08. The van der Waals surface area contributed by atoms with Crippen LogP contribution in [-0.2, 0) is 14.6 Å². The summed E-state index contributed by atoms with van der Waals surface area (Å²) in [4.78, 5) is 11.7. The van der Waals surface area contributed by atoms with Crippen LogP contribution in [0, 0.1) is 5.92 Å². The van der Waals surface area contributed by atoms with Crippen LogP contribution in [0.15, 0.2) is 23.1 Å². The van der Waals surface area contributed by atoms with Crippen molar-refractivity contribution in [1.82, 2.24) is 0 Å². The molecule has 0 fully saturated rings. The first-order chi connectivity index (χ1) is 8.75. The largest absolute Gasteiger partial charge is 0.492 e. The van der Waals surface area contributed by atoms with Gasteiger partial charge in [0.1, 0.15) is 11.3 Å². The molecule has 0 amide bonds. The quantitative estimate of drug-likeness (QED) is 0.773. The molecule has 0 unspecified atom stereocenters. The van der Waals surface area contributed by atoms with Crippen molar-refractivity contribution in [1.29, 1.82) is 0 Å². The molecule has 5 nitrogen and oxygen atoms in total. The highest BCUT2D eigenvalue weighted by Gasteiger charge is 2.18. The lowest BCUT2D eigenvalue weighted by Gasteiger charge is -2.13. The molecule has 0 bridgehead atoms. The maximum atomic E-state index is 11.7. The first-order valence-electron chi connectivity index (χ1n) is 5.81. The van der Waals surface area contributed by atoms with E-state index in [1.54, 1.807) is 0 Å². The zero-order valence-electron chi connectivity index (χ0n) is 11.5. The lowest BCUT2D eigenvalue weighted by Crippen LogP contribution is -2.11. The molecular formula is C13H18O5S. The summed E-state index contributed by atoms with van der Waals surface area (Å²) < 4.78 is 33.1. The van der Waals surface area contributed by atoms with Gasteiger partial charge in [0.15, 0.2) is 9.84 Å². The van der Waals surface area contributed by atoms with Crippen molar-refractivity contribution in [2.75, 3.05) is 20.0 Å². The number of esters is 1. The second-order valence-electron chi connectivity index (χ2n) is 4.63. The average Bonchev–Trinajstić information content (AvgIpc) is 2.34. The zero-order valence-corrected chi connectivity index (χ0v) is 12.3. The first kappa shape index (κ1) is 15.5. The standard InChI is InChI=1S/C13H18O5S/c1-9(2)8-18-12-6-5-10(19(4,15)16)7-11(12)13(14)17-3/h5-7,9H,8H2,1-4H3. The van der Waals surface area contributed by atoms with Gasteiger partial charge in [-0.15, -0.1) is 0 Å². The molecule has 1 aromatic rings. The Morgan fingerprint density at radius 3 is 2.42 bits per heavy atom. The van der Waals surface area contributed by atoms with Gasteiger partial charge in [0, 0.05) is 6.26 Å². The smallest absolute Gasteiger partial charge is 0.341 e. The van der Waals surface area contributed by atoms with Gasteiger partial charge in [0.05, 0.1) is 18.6 Å². The molecule has 106 valence electrons. The average molecular weight is 286 g/mol. The Bertz CT molecular complexity index is 560. The summed E-state index contributed by atoms with van der Waals surface area (Å²) in [7, 11) is -2.14. The van der Waals surface area contributed by atoms with Crippen molar-refractivity contribution in [3.8, 4) is 5.75 Å². The zero-order chi connectivity index (χ0) is 14.6. The number of hydrogen-bond donors (Lipinski definition) is 0. The maximum absolute atomic E-state index is 11.7. The van der Waals surface area contributed by atoms with Crippen LogP contribution in [0.1, 0.15) is 24.2 Å². The summed E-state index contributed by atoms with van der Waals surface area (Å²) in [5, 5.41) is 0. The van der Waals surface area contributed by atoms with Crippen LogP contribution in [0.5, 0.6) is 5.75 Å². The van der Waals surface area contributed by atoms with Crippen LogP contribution in [0.4, 0.5) is 0 Å². The molecule has 19 heavy (non-hydrogen) atoms. The van der Waals surface area contributed by atoms with Gasteiger partial charge in [0.2, 0.25) is 0 Å². The Labute approximate surface area is 113 Å². The van der Waals surface area contributed by atoms with Gasteiger partial charge in [-0.05, 0) is 24.1 Å². The van der Waals surface area contributed by atoms with E-state index in [4.69, 9.17) is 4.74 Å². The molecule has 0 aliphatic rings. The van der Waals surface area contributed by atoms with Gasteiger partial charge < -0.3 is 9.47 Å². The van der Waals surface area contributed by atoms with E-state index < -0.39 is 15.8 Å². The van der Waals surface area contributed by atoms with Crippen LogP contribution >= 0.6 is 0 Å². The monoisotopic (exact) mass is 286 g/mol. The first-order valence-corrected chi connectivity index (χ1v) is 7.70. The number of methoxy groups -OCH3 is 1. The van der Waals surface area contributed by atoms with E-state index in [1.165, 1.54) is 25.3 Å². The van der Waals surface area contributed by atoms with E-state index in [2.05, 4.69) is 4.74 Å². The summed E-state index contributed by atoms with van der Waals surface area (Å²) in [6.45, 7) is 4.38. The van der Waals surface area contributed by atoms with Crippen LogP contribution in [0.3, 0.4) is 0 Å². The minimum atomic E-state index is -3.38. The fraction of sp³-hybridized carbons (Fsp3) is 0.462. The van der Waals surface area contributed by atoms with Gasteiger partial charge in [-0.25, -0.2) is 13.2 Å². The number of carbonyl (C=O) groups excluding carboxylic acids is 1. The number of benzene rings is 1. The molecule has 0 saturated carbocycles. The summed E-state index contributed by atoms with van der Waals surface area (Å²) in [5.74, 6) is -0.00251. The Morgan fingerprint density at radius 2 is 1.95 bits per heavy atom. The van der Waals surface area contributed by atoms with Crippen molar-refractivity contribution >= 4 is 15.8 Å². The molecule has 1 rings (SSSR count). The topological polar surface area (TPSA) is 69.7 Å². The number of ether oxygens (including phenoxy) is 2. The summed E-state index contributed by atoms with van der Waals surface area (Å²) >= 11 is 0. The number of rotatable bonds is 5. The third kappa shape index (κ3) is 4.24. The SMILES string of the molecule is COC(=O)c1cc(S(C)(=O)=O)ccc1OCC(C)C. The lowest BCUT2D eigenvalue weighted by molar-refractivity contribution is 0.0595. The predicted molar refractivity (Wildman–Crippen MR) is 71.2 cm³/mol. The van der Waals surface area contributed by atoms with Crippen LogP contribution in [0.2, 0.25) is 0 Å². The number of sulfone groups is 1. The van der Waals surface area contributed by atoms with E-state index in [0.717, 1.165) is 6.26 Å². The fourth-order valence-corrected chi connectivity index (χ4v) is 2.04. The number of hydrogen-bond acceptors (Lipinski definition) is 5. The van der Waals surface area contributed by atoms with Gasteiger partial charge in [-0.3, -0.25) is 0 Å². The molecule has 0 atom stereocenters. The fourth-order valence-electron chi connectivity index (χ4n) is 1.39. The lowest BCUT2D eigenvalue weighted by atomic mass is 10.2. The molecule has 0 aromatic heterocycles. The second-order valence-corrected chi connectivity index (χ2v) is 6.64. The molecule has 0 heterocycles. The van der Waals surface area contributed by atoms with Gasteiger partial charge in [-0.1, -0.05) is 13.8 Å². The third-order valence-corrected chi connectivity index (χ3v) is 3.47. The Kier molecular flexibility index (Phi) is 4.94. The predicted octanol–water partition coefficient (Wildman–Crippen LogP) is 1.91. The van der Waals surface area contributed by atoms with E-state index in [-0.39, 0.29) is 10.5 Å². The molecule has 0 spiro atoms. The minimum absolute atomic E-state index is 0.0600. The highest BCUT2D eigenvalue weighted by molar-refractivity contribution is 7.90. The minimum Gasteiger partial charge on any atom is -0.492 e. The second kappa shape index (κ2) is 6.06. The maximum Gasteiger partial charge on any atom is 0.341 e. The van der Waals surface area contributed by atoms with Crippen LogP contribution in [0.25, 0.3) is 0 Å². The Morgan fingerprint density at radius 1 is 1.32 bits per heavy atom. The van der Waals surface area contributed by atoms with Crippen LogP contribution < -0.4 is 4.74 Å². The van der Waals surface area contributed by atoms with E-state index in [1.807, 2.05) is 13.8 Å². The normalized spacial score (nSPS) is 11.4. The summed E-state index contributed by atoms with van der Waals surface area (Å²) in [6, 6.07) is 4.17. The highest BCUT2D eigenvalue weighted by Crippen LogP contribution is 2.24. The Hall–Kier alpha value is -1.56. The molecule has 0 aliphatic heterocycles. The van der Waals surface area contributed by atoms with Crippen molar-refractivity contribution in [2.24, 2.45) is 5.92 Å². The molecular weight excluding hydrogens is 268 g/mol. The molecule has 0 N–H and O–H groups in total. The van der Waals surface area contributed by atoms with Gasteiger partial charge >= 0.3 is 5.97 Å². The third-order valence-electron chi connectivity index (χ3n) is 2.36. The number of carbonyl (C=O) groups is 1. The van der Waals surface area contributed by atoms with Crippen molar-refractivity contribution in [3.05, 3.63) is 23.8 Å². The molecule has 1 aromatic carbocycles.